The molecule has 3 nitrogen and oxygen atoms in total. The molecular formula is C14H24BrN3S. The second kappa shape index (κ2) is 7.18. The van der Waals surface area contributed by atoms with Gasteiger partial charge in [0.25, 0.3) is 0 Å². The smallest absolute Gasteiger partial charge is 0.0575 e. The van der Waals surface area contributed by atoms with E-state index in [0.29, 0.717) is 12.6 Å². The maximum absolute atomic E-state index is 6.02. The van der Waals surface area contributed by atoms with E-state index in [9.17, 15) is 0 Å². The number of thiophene rings is 1. The molecule has 1 fully saturated rings. The molecule has 2 rings (SSSR count). The van der Waals surface area contributed by atoms with Crippen molar-refractivity contribution in [1.82, 2.24) is 9.80 Å². The zero-order chi connectivity index (χ0) is 13.8. The highest BCUT2D eigenvalue weighted by molar-refractivity contribution is 9.10. The van der Waals surface area contributed by atoms with Gasteiger partial charge in [-0.15, -0.1) is 11.3 Å². The molecule has 0 spiro atoms. The van der Waals surface area contributed by atoms with Gasteiger partial charge in [-0.05, 0) is 73.3 Å². The van der Waals surface area contributed by atoms with Gasteiger partial charge in [0.2, 0.25) is 0 Å². The van der Waals surface area contributed by atoms with Gasteiger partial charge in [-0.1, -0.05) is 0 Å². The maximum atomic E-state index is 6.02. The molecule has 0 amide bonds. The molecule has 0 aromatic carbocycles. The van der Waals surface area contributed by atoms with Crippen molar-refractivity contribution in [1.29, 1.82) is 0 Å². The first-order chi connectivity index (χ1) is 9.11. The van der Waals surface area contributed by atoms with Crippen LogP contribution in [-0.4, -0.2) is 50.1 Å². The van der Waals surface area contributed by atoms with Crippen LogP contribution in [0.3, 0.4) is 0 Å². The predicted molar refractivity (Wildman–Crippen MR) is 86.7 cm³/mol. The van der Waals surface area contributed by atoms with E-state index in [1.807, 2.05) is 11.3 Å². The van der Waals surface area contributed by atoms with Crippen molar-refractivity contribution in [3.05, 3.63) is 20.8 Å². The van der Waals surface area contributed by atoms with Gasteiger partial charge >= 0.3 is 0 Å². The zero-order valence-corrected chi connectivity index (χ0v) is 14.2. The number of hydrogen-bond donors (Lipinski definition) is 1. The molecule has 2 heterocycles. The monoisotopic (exact) mass is 345 g/mol. The molecule has 0 bridgehead atoms. The summed E-state index contributed by atoms with van der Waals surface area (Å²) < 4.78 is 1.21. The predicted octanol–water partition coefficient (Wildman–Crippen LogP) is 2.78. The highest BCUT2D eigenvalue weighted by Crippen LogP contribution is 2.34. The Morgan fingerprint density at radius 1 is 1.47 bits per heavy atom. The number of nitrogens with zero attached hydrogens (tertiary/aromatic N) is 2. The lowest BCUT2D eigenvalue weighted by Gasteiger charge is -2.37. The highest BCUT2D eigenvalue weighted by Gasteiger charge is 2.27. The van der Waals surface area contributed by atoms with Crippen LogP contribution in [0.2, 0.25) is 0 Å². The van der Waals surface area contributed by atoms with E-state index < -0.39 is 0 Å². The van der Waals surface area contributed by atoms with Gasteiger partial charge in [0.15, 0.2) is 0 Å². The van der Waals surface area contributed by atoms with Gasteiger partial charge in [0, 0.05) is 22.4 Å². The fraction of sp³-hybridized carbons (Fsp3) is 0.714. The highest BCUT2D eigenvalue weighted by atomic mass is 79.9. The summed E-state index contributed by atoms with van der Waals surface area (Å²) in [7, 11) is 4.33. The lowest BCUT2D eigenvalue weighted by molar-refractivity contribution is 0.124. The molecule has 0 aliphatic carbocycles. The van der Waals surface area contributed by atoms with Crippen LogP contribution in [0.5, 0.6) is 0 Å². The zero-order valence-electron chi connectivity index (χ0n) is 11.8. The van der Waals surface area contributed by atoms with Gasteiger partial charge in [0.05, 0.1) is 6.04 Å². The fourth-order valence-corrected chi connectivity index (χ4v) is 4.71. The minimum atomic E-state index is 0.384. The van der Waals surface area contributed by atoms with E-state index in [-0.39, 0.29) is 0 Å². The first kappa shape index (κ1) is 15.4. The Morgan fingerprint density at radius 3 is 2.63 bits per heavy atom. The lowest BCUT2D eigenvalue weighted by Crippen LogP contribution is -2.41. The average Bonchev–Trinajstić information content (AvgIpc) is 2.78. The first-order valence-corrected chi connectivity index (χ1v) is 8.60. The fourth-order valence-electron chi connectivity index (χ4n) is 2.93. The van der Waals surface area contributed by atoms with Crippen LogP contribution in [0.15, 0.2) is 15.9 Å². The SMILES string of the molecule is CN(C)CC1CCN(C(CN)c2sccc2Br)CC1. The van der Waals surface area contributed by atoms with Crippen LogP contribution in [0.1, 0.15) is 23.8 Å². The Labute approximate surface area is 128 Å². The van der Waals surface area contributed by atoms with Crippen LogP contribution in [0, 0.1) is 5.92 Å². The van der Waals surface area contributed by atoms with E-state index in [0.717, 1.165) is 5.92 Å². The Hall–Kier alpha value is 0.0600. The largest absolute Gasteiger partial charge is 0.329 e. The maximum Gasteiger partial charge on any atom is 0.0575 e. The molecule has 1 saturated heterocycles. The molecule has 1 atom stereocenters. The standard InChI is InChI=1S/C14H24BrN3S/c1-17(2)10-11-3-6-18(7-4-11)13(9-16)14-12(15)5-8-19-14/h5,8,11,13H,3-4,6-7,9-10,16H2,1-2H3. The molecule has 0 radical (unpaired) electrons. The van der Waals surface area contributed by atoms with E-state index in [1.165, 1.54) is 41.8 Å². The van der Waals surface area contributed by atoms with Crippen LogP contribution >= 0.6 is 27.3 Å². The summed E-state index contributed by atoms with van der Waals surface area (Å²) in [4.78, 5) is 6.24. The number of piperidine rings is 1. The van der Waals surface area contributed by atoms with E-state index in [1.54, 1.807) is 0 Å². The second-order valence-corrected chi connectivity index (χ2v) is 7.43. The van der Waals surface area contributed by atoms with Crippen LogP contribution in [0.4, 0.5) is 0 Å². The Bertz CT molecular complexity index is 386. The molecular weight excluding hydrogens is 322 g/mol. The van der Waals surface area contributed by atoms with Crippen molar-refractivity contribution in [2.24, 2.45) is 11.7 Å². The number of nitrogens with two attached hydrogens (primary N) is 1. The van der Waals surface area contributed by atoms with Gasteiger partial charge < -0.3 is 10.6 Å². The lowest BCUT2D eigenvalue weighted by atomic mass is 9.95. The summed E-state index contributed by atoms with van der Waals surface area (Å²) in [5, 5.41) is 2.14. The molecule has 1 unspecified atom stereocenters. The summed E-state index contributed by atoms with van der Waals surface area (Å²) >= 11 is 5.45. The van der Waals surface area contributed by atoms with Crippen molar-refractivity contribution in [2.45, 2.75) is 18.9 Å². The van der Waals surface area contributed by atoms with Crippen molar-refractivity contribution in [3.63, 3.8) is 0 Å². The Balaban J connectivity index is 1.94. The summed E-state index contributed by atoms with van der Waals surface area (Å²) in [6, 6.07) is 2.51. The van der Waals surface area contributed by atoms with Gasteiger partial charge in [-0.2, -0.15) is 0 Å². The molecule has 1 aromatic rings. The molecule has 0 saturated carbocycles. The normalized spacial score (nSPS) is 20.1. The van der Waals surface area contributed by atoms with Crippen molar-refractivity contribution >= 4 is 27.3 Å². The van der Waals surface area contributed by atoms with Gasteiger partial charge in [-0.25, -0.2) is 0 Å². The summed E-state index contributed by atoms with van der Waals surface area (Å²) in [6.07, 6.45) is 2.58. The number of hydrogen-bond acceptors (Lipinski definition) is 4. The Kier molecular flexibility index (Phi) is 5.84. The Morgan fingerprint density at radius 2 is 2.16 bits per heavy atom. The van der Waals surface area contributed by atoms with Crippen molar-refractivity contribution < 1.29 is 0 Å². The van der Waals surface area contributed by atoms with Gasteiger partial charge in [0.1, 0.15) is 0 Å². The molecule has 2 N–H and O–H groups in total. The minimum Gasteiger partial charge on any atom is -0.329 e. The number of halogens is 1. The molecule has 1 aliphatic rings. The minimum absolute atomic E-state index is 0.384. The van der Waals surface area contributed by atoms with Crippen molar-refractivity contribution in [2.75, 3.05) is 40.3 Å². The number of likely N-dealkylation sites (tertiary alicyclic amines) is 1. The number of rotatable bonds is 5. The molecule has 1 aromatic heterocycles. The quantitative estimate of drug-likeness (QED) is 0.890. The van der Waals surface area contributed by atoms with E-state index in [4.69, 9.17) is 5.73 Å². The molecule has 1 aliphatic heterocycles. The summed E-state index contributed by atoms with van der Waals surface area (Å²) in [6.45, 7) is 4.26. The van der Waals surface area contributed by atoms with E-state index in [2.05, 4.69) is 51.3 Å². The van der Waals surface area contributed by atoms with Crippen LogP contribution < -0.4 is 5.73 Å². The van der Waals surface area contributed by atoms with Crippen LogP contribution in [0.25, 0.3) is 0 Å². The average molecular weight is 346 g/mol. The van der Waals surface area contributed by atoms with E-state index >= 15 is 0 Å². The molecule has 5 heteroatoms. The first-order valence-electron chi connectivity index (χ1n) is 6.93. The third-order valence-electron chi connectivity index (χ3n) is 3.88. The molecule has 19 heavy (non-hydrogen) atoms. The van der Waals surface area contributed by atoms with Crippen LogP contribution in [-0.2, 0) is 0 Å². The third kappa shape index (κ3) is 4.02. The van der Waals surface area contributed by atoms with Crippen molar-refractivity contribution in [3.8, 4) is 0 Å². The summed E-state index contributed by atoms with van der Waals surface area (Å²) in [5.74, 6) is 0.844. The molecule has 108 valence electrons. The topological polar surface area (TPSA) is 32.5 Å². The van der Waals surface area contributed by atoms with Gasteiger partial charge in [-0.3, -0.25) is 4.90 Å². The third-order valence-corrected chi connectivity index (χ3v) is 5.86. The summed E-state index contributed by atoms with van der Waals surface area (Å²) in [5.41, 5.74) is 6.02. The second-order valence-electron chi connectivity index (χ2n) is 5.63.